The normalized spacial score (nSPS) is 11.1. The monoisotopic (exact) mass is 592 g/mol. The van der Waals surface area contributed by atoms with Crippen LogP contribution < -0.4 is 10.6 Å². The molecule has 2 aromatic rings. The van der Waals surface area contributed by atoms with Crippen molar-refractivity contribution in [3.63, 3.8) is 0 Å². The fourth-order valence-electron chi connectivity index (χ4n) is 3.50. The summed E-state index contributed by atoms with van der Waals surface area (Å²) in [6.07, 6.45) is 0. The predicted octanol–water partition coefficient (Wildman–Crippen LogP) is 7.96. The Balaban J connectivity index is 0. The number of halogens is 2. The molecule has 0 radical (unpaired) electrons. The van der Waals surface area contributed by atoms with Crippen LogP contribution in [0.3, 0.4) is 0 Å². The Morgan fingerprint density at radius 1 is 0.714 bits per heavy atom. The molecular weight excluding hydrogens is 559 g/mol. The van der Waals surface area contributed by atoms with Crippen molar-refractivity contribution in [2.24, 2.45) is 0 Å². The molecule has 2 aromatic carbocycles. The average molecular weight is 594 g/mol. The van der Waals surface area contributed by atoms with Gasteiger partial charge in [-0.25, -0.2) is 12.1 Å². The first-order valence-electron chi connectivity index (χ1n) is 9.46. The van der Waals surface area contributed by atoms with Crippen LogP contribution in [0.5, 0.6) is 0 Å². The van der Waals surface area contributed by atoms with E-state index in [0.717, 1.165) is 16.3 Å². The molecule has 0 nitrogen and oxygen atoms in total. The topological polar surface area (TPSA) is 0 Å². The Hall–Kier alpha value is 1.32. The summed E-state index contributed by atoms with van der Waals surface area (Å²) in [6.45, 7) is 18.3. The minimum Gasteiger partial charge on any atom is -0.213 e. The molecule has 2 rings (SSSR count). The summed E-state index contributed by atoms with van der Waals surface area (Å²) in [5.74, 6) is 0. The molecule has 0 amide bonds. The van der Waals surface area contributed by atoms with Crippen molar-refractivity contribution in [3.05, 3.63) is 46.4 Å². The molecule has 0 spiro atoms. The summed E-state index contributed by atoms with van der Waals surface area (Å²) in [7, 11) is -0.127. The van der Waals surface area contributed by atoms with Crippen LogP contribution in [0, 0.1) is 0 Å². The van der Waals surface area contributed by atoms with E-state index in [0.29, 0.717) is 16.3 Å². The summed E-state index contributed by atoms with van der Waals surface area (Å²) in [6, 6.07) is 12.8. The van der Waals surface area contributed by atoms with Gasteiger partial charge in [0, 0.05) is 0 Å². The van der Waals surface area contributed by atoms with Crippen molar-refractivity contribution in [2.45, 2.75) is 78.0 Å². The summed E-state index contributed by atoms with van der Waals surface area (Å²) in [4.78, 5) is 0. The Labute approximate surface area is 210 Å². The molecule has 0 heterocycles. The van der Waals surface area contributed by atoms with Crippen LogP contribution in [0.1, 0.15) is 55.4 Å². The minimum absolute atomic E-state index is 0. The van der Waals surface area contributed by atoms with Crippen molar-refractivity contribution in [3.8, 4) is 0 Å². The van der Waals surface area contributed by atoms with Gasteiger partial charge in [0.05, 0.1) is 0 Å². The third-order valence-electron chi connectivity index (χ3n) is 4.27. The summed E-state index contributed by atoms with van der Waals surface area (Å²) in [5, 5.41) is 4.28. The molecule has 0 bridgehead atoms. The van der Waals surface area contributed by atoms with Gasteiger partial charge in [0.1, 0.15) is 0 Å². The van der Waals surface area contributed by atoms with Crippen LogP contribution in [0.15, 0.2) is 36.4 Å². The van der Waals surface area contributed by atoms with E-state index in [1.165, 1.54) is 5.30 Å². The van der Waals surface area contributed by atoms with Gasteiger partial charge in [-0.3, -0.25) is 0 Å². The molecule has 6 heteroatoms. The first kappa shape index (κ1) is 31.5. The smallest absolute Gasteiger partial charge is 0.213 e. The SMILES string of the molecule is CC(C)P([c-]1ccc(Cl)c1Cl)C(C)C.CC(C)P([c-]1cccc1)C(C)C.[Fe+2].[Pd+2]. The maximum Gasteiger partial charge on any atom is 2.00 e. The molecule has 0 saturated heterocycles. The van der Waals surface area contributed by atoms with Gasteiger partial charge in [0.25, 0.3) is 0 Å². The number of hydrogen-bond acceptors (Lipinski definition) is 0. The predicted molar refractivity (Wildman–Crippen MR) is 128 cm³/mol. The summed E-state index contributed by atoms with van der Waals surface area (Å²) < 4.78 is 0. The quantitative estimate of drug-likeness (QED) is 0.181. The second-order valence-electron chi connectivity index (χ2n) is 7.71. The molecule has 162 valence electrons. The van der Waals surface area contributed by atoms with Crippen molar-refractivity contribution in [1.82, 2.24) is 0 Å². The van der Waals surface area contributed by atoms with Gasteiger partial charge < -0.3 is 0 Å². The van der Waals surface area contributed by atoms with E-state index in [9.17, 15) is 0 Å². The van der Waals surface area contributed by atoms with Crippen molar-refractivity contribution in [1.29, 1.82) is 0 Å². The first-order chi connectivity index (χ1) is 12.1. The zero-order chi connectivity index (χ0) is 20.0. The van der Waals surface area contributed by atoms with Crippen molar-refractivity contribution < 1.29 is 37.5 Å². The van der Waals surface area contributed by atoms with Crippen LogP contribution in [0.2, 0.25) is 10.0 Å². The molecule has 0 fully saturated rings. The molecule has 0 aliphatic heterocycles. The molecule has 0 atom stereocenters. The maximum absolute atomic E-state index is 6.18. The van der Waals surface area contributed by atoms with E-state index in [1.807, 2.05) is 6.07 Å². The number of hydrogen-bond donors (Lipinski definition) is 0. The van der Waals surface area contributed by atoms with Gasteiger partial charge in [-0.15, -0.1) is 38.1 Å². The molecule has 0 aliphatic carbocycles. The fraction of sp³-hybridized carbons (Fsp3) is 0.545. The Kier molecular flexibility index (Phi) is 17.1. The van der Waals surface area contributed by atoms with Gasteiger partial charge in [-0.05, 0) is 22.6 Å². The standard InChI is InChI=1S/C11H16Cl2P.C11H18P.Fe.Pd/c1-7(2)14(8(3)4)10-6-5-9(12)11(10)13;1-9(2)12(10(3)4)11-7-5-6-8-11;;/h5-8H,1-4H3;5-10H,1-4H3;;/q2*-1;2*+2. The molecule has 0 saturated carbocycles. The van der Waals surface area contributed by atoms with Crippen LogP contribution in [-0.2, 0) is 37.5 Å². The van der Waals surface area contributed by atoms with Gasteiger partial charge >= 0.3 is 37.5 Å². The van der Waals surface area contributed by atoms with Crippen LogP contribution in [0.25, 0.3) is 0 Å². The third kappa shape index (κ3) is 9.22. The summed E-state index contributed by atoms with van der Waals surface area (Å²) in [5.41, 5.74) is 2.92. The summed E-state index contributed by atoms with van der Waals surface area (Å²) >= 11 is 12.1. The third-order valence-corrected chi connectivity index (χ3v) is 11.5. The molecule has 0 N–H and O–H groups in total. The fourth-order valence-corrected chi connectivity index (χ4v) is 9.95. The van der Waals surface area contributed by atoms with E-state index in [2.05, 4.69) is 85.7 Å². The van der Waals surface area contributed by atoms with Crippen molar-refractivity contribution in [2.75, 3.05) is 0 Å². The van der Waals surface area contributed by atoms with E-state index >= 15 is 0 Å². The Morgan fingerprint density at radius 2 is 1.11 bits per heavy atom. The minimum atomic E-state index is -0.190. The van der Waals surface area contributed by atoms with E-state index in [-0.39, 0.29) is 53.3 Å². The van der Waals surface area contributed by atoms with Gasteiger partial charge in [0.15, 0.2) is 0 Å². The van der Waals surface area contributed by atoms with Gasteiger partial charge in [-0.2, -0.15) is 35.9 Å². The Morgan fingerprint density at radius 3 is 1.39 bits per heavy atom. The molecule has 0 aliphatic rings. The first-order valence-corrected chi connectivity index (χ1v) is 13.2. The molecular formula is C22H34Cl2FeP2Pd+2. The molecule has 0 unspecified atom stereocenters. The van der Waals surface area contributed by atoms with Gasteiger partial charge in [0.2, 0.25) is 0 Å². The molecule has 28 heavy (non-hydrogen) atoms. The second-order valence-corrected chi connectivity index (χ2v) is 15.3. The van der Waals surface area contributed by atoms with Crippen molar-refractivity contribution >= 4 is 49.7 Å². The molecule has 0 aromatic heterocycles. The van der Waals surface area contributed by atoms with Crippen LogP contribution >= 0.6 is 39.0 Å². The van der Waals surface area contributed by atoms with Crippen LogP contribution in [-0.4, -0.2) is 22.6 Å². The maximum atomic E-state index is 6.18. The van der Waals surface area contributed by atoms with E-state index in [1.54, 1.807) is 5.30 Å². The number of rotatable bonds is 6. The zero-order valence-electron chi connectivity index (χ0n) is 18.1. The average Bonchev–Trinajstić information content (AvgIpc) is 3.12. The van der Waals surface area contributed by atoms with E-state index in [4.69, 9.17) is 23.2 Å². The largest absolute Gasteiger partial charge is 2.00 e. The van der Waals surface area contributed by atoms with Gasteiger partial charge in [-0.1, -0.05) is 65.4 Å². The second kappa shape index (κ2) is 15.2. The zero-order valence-corrected chi connectivity index (χ0v) is 24.1. The van der Waals surface area contributed by atoms with E-state index < -0.39 is 0 Å². The Bertz CT molecular complexity index is 621. The van der Waals surface area contributed by atoms with Crippen LogP contribution in [0.4, 0.5) is 0 Å².